The van der Waals surface area contributed by atoms with Crippen LogP contribution in [0.2, 0.25) is 0 Å². The van der Waals surface area contributed by atoms with E-state index in [4.69, 9.17) is 19.7 Å². The summed E-state index contributed by atoms with van der Waals surface area (Å²) in [6, 6.07) is 0. The second-order valence-corrected chi connectivity index (χ2v) is 17.0. The number of hydrazine groups is 1. The van der Waals surface area contributed by atoms with E-state index in [2.05, 4.69) is 70.9 Å². The summed E-state index contributed by atoms with van der Waals surface area (Å²) >= 11 is 0. The Bertz CT molecular complexity index is 1220. The Labute approximate surface area is 287 Å². The van der Waals surface area contributed by atoms with Gasteiger partial charge in [0.15, 0.2) is 0 Å². The number of nitrogens with one attached hydrogen (secondary N) is 1. The van der Waals surface area contributed by atoms with Crippen LogP contribution in [0.5, 0.6) is 0 Å². The quantitative estimate of drug-likeness (QED) is 0.409. The van der Waals surface area contributed by atoms with Gasteiger partial charge < -0.3 is 5.11 Å². The Kier molecular flexibility index (Phi) is 11.3. The van der Waals surface area contributed by atoms with Crippen molar-refractivity contribution in [1.29, 1.82) is 0 Å². The second-order valence-electron chi connectivity index (χ2n) is 17.0. The highest BCUT2D eigenvalue weighted by atomic mass is 16.7. The molecule has 0 unspecified atom stereocenters. The van der Waals surface area contributed by atoms with Gasteiger partial charge in [0.1, 0.15) is 6.67 Å². The molecule has 272 valence electrons. The Morgan fingerprint density at radius 2 is 1.17 bits per heavy atom. The van der Waals surface area contributed by atoms with Gasteiger partial charge in [0.05, 0.1) is 41.0 Å². The largest absolute Gasteiger partial charge is 0.395 e. The number of hydrogen-bond donors (Lipinski definition) is 2. The van der Waals surface area contributed by atoms with Crippen LogP contribution in [-0.2, 0) is 19.3 Å². The number of rotatable bonds is 7. The SMILES string of the molecule is CC1(C)CC(=O)N(C2=NCN(NCCO)C(N3CC(C)(C)N(OC4CCCCC4)C(C)(C)CC3=O)=N2)CC(C)(C)N1OC1CCCCC1. The Morgan fingerprint density at radius 1 is 0.708 bits per heavy atom. The first-order valence-corrected chi connectivity index (χ1v) is 18.3. The molecule has 0 aromatic heterocycles. The third-order valence-electron chi connectivity index (χ3n) is 10.4. The van der Waals surface area contributed by atoms with Crippen molar-refractivity contribution in [2.75, 3.05) is 32.9 Å². The van der Waals surface area contributed by atoms with Crippen LogP contribution >= 0.6 is 0 Å². The van der Waals surface area contributed by atoms with Crippen molar-refractivity contribution in [2.24, 2.45) is 9.98 Å². The summed E-state index contributed by atoms with van der Waals surface area (Å²) < 4.78 is 0. The summed E-state index contributed by atoms with van der Waals surface area (Å²) in [6.07, 6.45) is 11.9. The molecule has 0 radical (unpaired) electrons. The van der Waals surface area contributed by atoms with Crippen LogP contribution in [0.15, 0.2) is 9.98 Å². The molecule has 3 heterocycles. The molecule has 0 aromatic carbocycles. The molecule has 0 aromatic rings. The highest BCUT2D eigenvalue weighted by Gasteiger charge is 2.51. The van der Waals surface area contributed by atoms with Gasteiger partial charge in [-0.15, -0.1) is 0 Å². The molecule has 0 bridgehead atoms. The summed E-state index contributed by atoms with van der Waals surface area (Å²) in [5.74, 6) is 0.475. The Morgan fingerprint density at radius 3 is 1.65 bits per heavy atom. The van der Waals surface area contributed by atoms with Gasteiger partial charge in [-0.1, -0.05) is 38.5 Å². The van der Waals surface area contributed by atoms with Crippen molar-refractivity contribution in [3.8, 4) is 0 Å². The number of aliphatic hydroxyl groups excluding tert-OH is 1. The summed E-state index contributed by atoms with van der Waals surface area (Å²) in [4.78, 5) is 54.9. The molecule has 5 aliphatic rings. The molecule has 2 amide bonds. The molecule has 2 saturated heterocycles. The number of carbonyl (C=O) groups excluding carboxylic acids is 2. The van der Waals surface area contributed by atoms with Gasteiger partial charge in [-0.25, -0.2) is 10.4 Å². The van der Waals surface area contributed by atoms with Crippen molar-refractivity contribution in [2.45, 2.75) is 167 Å². The Balaban J connectivity index is 1.45. The van der Waals surface area contributed by atoms with Crippen LogP contribution in [0.3, 0.4) is 0 Å². The van der Waals surface area contributed by atoms with E-state index in [1.54, 1.807) is 14.8 Å². The van der Waals surface area contributed by atoms with E-state index in [9.17, 15) is 14.7 Å². The fourth-order valence-electron chi connectivity index (χ4n) is 8.41. The molecule has 2 N–H and O–H groups in total. The third kappa shape index (κ3) is 8.24. The normalized spacial score (nSPS) is 27.8. The predicted molar refractivity (Wildman–Crippen MR) is 185 cm³/mol. The third-order valence-corrected chi connectivity index (χ3v) is 10.4. The highest BCUT2D eigenvalue weighted by Crippen LogP contribution is 2.38. The van der Waals surface area contributed by atoms with Gasteiger partial charge in [0.25, 0.3) is 0 Å². The first-order valence-electron chi connectivity index (χ1n) is 18.3. The maximum Gasteiger partial charge on any atom is 0.232 e. The highest BCUT2D eigenvalue weighted by molar-refractivity contribution is 6.07. The zero-order valence-corrected chi connectivity index (χ0v) is 30.9. The first kappa shape index (κ1) is 37.1. The molecule has 13 heteroatoms. The summed E-state index contributed by atoms with van der Waals surface area (Å²) in [6.45, 7) is 17.6. The van der Waals surface area contributed by atoms with Crippen LogP contribution in [0.25, 0.3) is 0 Å². The van der Waals surface area contributed by atoms with Crippen molar-refractivity contribution in [1.82, 2.24) is 30.4 Å². The topological polar surface area (TPSA) is 126 Å². The molecule has 48 heavy (non-hydrogen) atoms. The minimum atomic E-state index is -0.569. The lowest BCUT2D eigenvalue weighted by atomic mass is 9.94. The summed E-state index contributed by atoms with van der Waals surface area (Å²) in [5.41, 5.74) is 0.962. The summed E-state index contributed by atoms with van der Waals surface area (Å²) in [7, 11) is 0. The number of hydroxylamine groups is 4. The van der Waals surface area contributed by atoms with Gasteiger partial charge >= 0.3 is 0 Å². The van der Waals surface area contributed by atoms with E-state index in [0.717, 1.165) is 51.4 Å². The average molecular weight is 675 g/mol. The molecular formula is C35H62N8O5. The van der Waals surface area contributed by atoms with Gasteiger partial charge in [-0.05, 0) is 81.1 Å². The van der Waals surface area contributed by atoms with Gasteiger partial charge in [0.2, 0.25) is 23.7 Å². The van der Waals surface area contributed by atoms with E-state index in [-0.39, 0.29) is 62.6 Å². The molecule has 5 rings (SSSR count). The lowest BCUT2D eigenvalue weighted by Gasteiger charge is -2.47. The molecule has 2 aliphatic carbocycles. The predicted octanol–water partition coefficient (Wildman–Crippen LogP) is 4.18. The second kappa shape index (κ2) is 14.6. The fourth-order valence-corrected chi connectivity index (χ4v) is 8.41. The molecule has 0 spiro atoms. The van der Waals surface area contributed by atoms with Gasteiger partial charge in [-0.3, -0.25) is 34.1 Å². The van der Waals surface area contributed by atoms with Gasteiger partial charge in [0, 0.05) is 32.5 Å². The molecule has 2 saturated carbocycles. The number of aliphatic imine (C=N–C) groups is 2. The fraction of sp³-hybridized carbons (Fsp3) is 0.886. The van der Waals surface area contributed by atoms with E-state index in [1.165, 1.54) is 12.8 Å². The molecule has 13 nitrogen and oxygen atoms in total. The number of carbonyl (C=O) groups is 2. The molecule has 0 atom stereocenters. The van der Waals surface area contributed by atoms with Gasteiger partial charge in [-0.2, -0.15) is 15.1 Å². The number of nitrogens with zero attached hydrogens (tertiary/aromatic N) is 7. The Hall–Kier alpha value is -2.16. The number of guanidine groups is 2. The average Bonchev–Trinajstić information content (AvgIpc) is 3.13. The minimum absolute atomic E-state index is 0.0860. The lowest BCUT2D eigenvalue weighted by Crippen LogP contribution is -2.61. The van der Waals surface area contributed by atoms with Crippen molar-refractivity contribution in [3.05, 3.63) is 0 Å². The van der Waals surface area contributed by atoms with Crippen LogP contribution in [0.4, 0.5) is 0 Å². The molecular weight excluding hydrogens is 612 g/mol. The lowest BCUT2D eigenvalue weighted by molar-refractivity contribution is -0.291. The standard InChI is InChI=1S/C35H62N8O5/c1-32(2)21-28(45)39(23-34(5,6)42(32)47-26-15-11-9-12-16-26)30-36-25-41(37-19-20-44)31(38-30)40-24-35(7,8)43(33(3,4)22-29(40)46)48-27-17-13-10-14-18-27/h26-27,37,44H,9-25H2,1-8H3. The maximum atomic E-state index is 14.2. The van der Waals surface area contributed by atoms with E-state index in [1.807, 2.05) is 0 Å². The summed E-state index contributed by atoms with van der Waals surface area (Å²) in [5, 5.41) is 15.5. The van der Waals surface area contributed by atoms with Crippen LogP contribution in [0.1, 0.15) is 132 Å². The smallest absolute Gasteiger partial charge is 0.232 e. The monoisotopic (exact) mass is 674 g/mol. The maximum absolute atomic E-state index is 14.2. The van der Waals surface area contributed by atoms with Crippen molar-refractivity contribution in [3.63, 3.8) is 0 Å². The molecule has 3 aliphatic heterocycles. The first-order chi connectivity index (χ1) is 22.5. The van der Waals surface area contributed by atoms with E-state index >= 15 is 0 Å². The van der Waals surface area contributed by atoms with E-state index in [0.29, 0.717) is 19.0 Å². The molecule has 4 fully saturated rings. The van der Waals surface area contributed by atoms with Crippen molar-refractivity contribution < 1.29 is 24.4 Å². The number of amides is 2. The van der Waals surface area contributed by atoms with E-state index < -0.39 is 22.2 Å². The van der Waals surface area contributed by atoms with Crippen LogP contribution in [0, 0.1) is 0 Å². The van der Waals surface area contributed by atoms with Crippen molar-refractivity contribution >= 4 is 23.7 Å². The zero-order chi connectivity index (χ0) is 34.9. The van der Waals surface area contributed by atoms with Crippen LogP contribution < -0.4 is 5.43 Å². The number of hydrogen-bond acceptors (Lipinski definition) is 11. The van der Waals surface area contributed by atoms with Crippen LogP contribution in [-0.4, -0.2) is 121 Å². The minimum Gasteiger partial charge on any atom is -0.395 e. The zero-order valence-electron chi connectivity index (χ0n) is 30.9. The number of aliphatic hydroxyl groups is 1.